The van der Waals surface area contributed by atoms with Crippen LogP contribution >= 0.6 is 27.7 Å². The first kappa shape index (κ1) is 13.5. The zero-order valence-electron chi connectivity index (χ0n) is 11.5. The molecule has 0 saturated heterocycles. The van der Waals surface area contributed by atoms with Gasteiger partial charge in [0, 0.05) is 16.3 Å². The van der Waals surface area contributed by atoms with Crippen molar-refractivity contribution in [2.24, 2.45) is 0 Å². The molecule has 2 aliphatic rings. The van der Waals surface area contributed by atoms with Gasteiger partial charge in [0.2, 0.25) is 6.79 Å². The van der Waals surface area contributed by atoms with Gasteiger partial charge in [-0.05, 0) is 37.5 Å². The summed E-state index contributed by atoms with van der Waals surface area (Å²) in [5.74, 6) is 3.44. The van der Waals surface area contributed by atoms with Crippen LogP contribution in [0.1, 0.15) is 30.3 Å². The number of benzene rings is 1. The molecule has 0 spiro atoms. The van der Waals surface area contributed by atoms with Crippen LogP contribution in [0, 0.1) is 6.92 Å². The second-order valence-electron chi connectivity index (χ2n) is 5.22. The molecule has 0 atom stereocenters. The molecule has 5 nitrogen and oxygen atoms in total. The maximum atomic E-state index is 5.44. The molecule has 0 radical (unpaired) electrons. The average molecular weight is 368 g/mol. The molecule has 0 N–H and O–H groups in total. The molecule has 1 fully saturated rings. The highest BCUT2D eigenvalue weighted by atomic mass is 79.9. The average Bonchev–Trinajstić information content (AvgIpc) is 3.08. The van der Waals surface area contributed by atoms with Gasteiger partial charge in [-0.3, -0.25) is 0 Å². The zero-order valence-corrected chi connectivity index (χ0v) is 13.9. The molecule has 4 rings (SSSR count). The van der Waals surface area contributed by atoms with Crippen LogP contribution in [0.25, 0.3) is 0 Å². The van der Waals surface area contributed by atoms with Crippen LogP contribution in [0.2, 0.25) is 0 Å². The maximum Gasteiger partial charge on any atom is 0.231 e. The van der Waals surface area contributed by atoms with E-state index in [1.54, 1.807) is 11.8 Å². The van der Waals surface area contributed by atoms with Gasteiger partial charge in [0.25, 0.3) is 0 Å². The number of aromatic nitrogens is 3. The van der Waals surface area contributed by atoms with E-state index < -0.39 is 0 Å². The summed E-state index contributed by atoms with van der Waals surface area (Å²) in [6.45, 7) is 2.32. The fraction of sp³-hybridized carbons (Fsp3) is 0.429. The lowest BCUT2D eigenvalue weighted by molar-refractivity contribution is 0.174. The van der Waals surface area contributed by atoms with Gasteiger partial charge in [0.05, 0.1) is 0 Å². The molecule has 1 aromatic carbocycles. The lowest BCUT2D eigenvalue weighted by Gasteiger charge is -2.08. The largest absolute Gasteiger partial charge is 0.454 e. The maximum absolute atomic E-state index is 5.44. The summed E-state index contributed by atoms with van der Waals surface area (Å²) in [6, 6.07) is 4.60. The van der Waals surface area contributed by atoms with Crippen LogP contribution in [0.15, 0.2) is 21.8 Å². The molecule has 2 aromatic rings. The summed E-state index contributed by atoms with van der Waals surface area (Å²) >= 11 is 5.31. The lowest BCUT2D eigenvalue weighted by atomic mass is 10.2. The Kier molecular flexibility index (Phi) is 3.34. The quantitative estimate of drug-likeness (QED) is 0.771. The van der Waals surface area contributed by atoms with Crippen molar-refractivity contribution in [2.45, 2.75) is 36.7 Å². The van der Waals surface area contributed by atoms with Crippen molar-refractivity contribution in [3.8, 4) is 11.5 Å². The number of rotatable bonds is 4. The Balaban J connectivity index is 1.55. The van der Waals surface area contributed by atoms with E-state index in [-0.39, 0.29) is 0 Å². The van der Waals surface area contributed by atoms with Crippen molar-refractivity contribution in [3.63, 3.8) is 0 Å². The van der Waals surface area contributed by atoms with Crippen molar-refractivity contribution < 1.29 is 9.47 Å². The molecule has 1 aliphatic heterocycles. The smallest absolute Gasteiger partial charge is 0.231 e. The van der Waals surface area contributed by atoms with Gasteiger partial charge in [0.1, 0.15) is 5.82 Å². The molecule has 2 heterocycles. The number of fused-ring (bicyclic) bond motifs is 1. The van der Waals surface area contributed by atoms with E-state index in [1.807, 2.05) is 19.1 Å². The third-order valence-corrected chi connectivity index (χ3v) is 5.38. The number of halogens is 1. The molecule has 0 bridgehead atoms. The van der Waals surface area contributed by atoms with Crippen LogP contribution in [0.4, 0.5) is 0 Å². The van der Waals surface area contributed by atoms with Gasteiger partial charge in [-0.1, -0.05) is 27.7 Å². The standard InChI is InChI=1S/C14H14BrN3O2S/c1-8-16-17-14(18(8)10-2-3-10)21-6-9-4-12-13(5-11(9)15)20-7-19-12/h4-5,10H,2-3,6-7H2,1H3. The van der Waals surface area contributed by atoms with E-state index in [9.17, 15) is 0 Å². The molecular weight excluding hydrogens is 354 g/mol. The molecule has 1 aromatic heterocycles. The normalized spacial score (nSPS) is 16.5. The third-order valence-electron chi connectivity index (χ3n) is 3.65. The third kappa shape index (κ3) is 2.53. The molecule has 110 valence electrons. The van der Waals surface area contributed by atoms with Gasteiger partial charge in [-0.25, -0.2) is 0 Å². The summed E-state index contributed by atoms with van der Waals surface area (Å²) < 4.78 is 14.1. The van der Waals surface area contributed by atoms with E-state index in [0.717, 1.165) is 32.7 Å². The first-order valence-electron chi connectivity index (χ1n) is 6.84. The number of ether oxygens (including phenoxy) is 2. The number of aryl methyl sites for hydroxylation is 1. The Morgan fingerprint density at radius 1 is 1.29 bits per heavy atom. The summed E-state index contributed by atoms with van der Waals surface area (Å²) in [7, 11) is 0. The lowest BCUT2D eigenvalue weighted by Crippen LogP contribution is -1.99. The van der Waals surface area contributed by atoms with Crippen molar-refractivity contribution in [2.75, 3.05) is 6.79 Å². The van der Waals surface area contributed by atoms with Gasteiger partial charge in [-0.2, -0.15) is 0 Å². The van der Waals surface area contributed by atoms with E-state index in [0.29, 0.717) is 12.8 Å². The van der Waals surface area contributed by atoms with Gasteiger partial charge < -0.3 is 14.0 Å². The minimum Gasteiger partial charge on any atom is -0.454 e. The molecule has 21 heavy (non-hydrogen) atoms. The van der Waals surface area contributed by atoms with Crippen LogP contribution in [0.5, 0.6) is 11.5 Å². The van der Waals surface area contributed by atoms with Crippen molar-refractivity contribution in [3.05, 3.63) is 28.0 Å². The predicted molar refractivity (Wildman–Crippen MR) is 82.9 cm³/mol. The predicted octanol–water partition coefficient (Wildman–Crippen LogP) is 3.70. The summed E-state index contributed by atoms with van der Waals surface area (Å²) in [5, 5.41) is 9.50. The summed E-state index contributed by atoms with van der Waals surface area (Å²) in [5.41, 5.74) is 1.17. The monoisotopic (exact) mass is 367 g/mol. The highest BCUT2D eigenvalue weighted by Gasteiger charge is 2.28. The van der Waals surface area contributed by atoms with E-state index in [2.05, 4.69) is 30.7 Å². The Hall–Kier alpha value is -1.21. The Labute approximate surface area is 135 Å². The molecular formula is C14H14BrN3O2S. The van der Waals surface area contributed by atoms with Gasteiger partial charge in [-0.15, -0.1) is 10.2 Å². The van der Waals surface area contributed by atoms with Crippen LogP contribution in [-0.4, -0.2) is 21.6 Å². The highest BCUT2D eigenvalue weighted by molar-refractivity contribution is 9.10. The zero-order chi connectivity index (χ0) is 14.4. The first-order chi connectivity index (χ1) is 10.2. The van der Waals surface area contributed by atoms with Crippen molar-refractivity contribution in [1.82, 2.24) is 14.8 Å². The van der Waals surface area contributed by atoms with Crippen LogP contribution in [0.3, 0.4) is 0 Å². The Morgan fingerprint density at radius 2 is 2.05 bits per heavy atom. The number of hydrogen-bond donors (Lipinski definition) is 0. The SMILES string of the molecule is Cc1nnc(SCc2cc3c(cc2Br)OCO3)n1C1CC1. The molecule has 0 unspecified atom stereocenters. The molecule has 0 amide bonds. The molecule has 1 aliphatic carbocycles. The van der Waals surface area contributed by atoms with Crippen molar-refractivity contribution >= 4 is 27.7 Å². The topological polar surface area (TPSA) is 49.2 Å². The summed E-state index contributed by atoms with van der Waals surface area (Å²) in [4.78, 5) is 0. The minimum absolute atomic E-state index is 0.299. The Morgan fingerprint density at radius 3 is 2.81 bits per heavy atom. The summed E-state index contributed by atoms with van der Waals surface area (Å²) in [6.07, 6.45) is 2.47. The van der Waals surface area contributed by atoms with Crippen molar-refractivity contribution in [1.29, 1.82) is 0 Å². The fourth-order valence-electron chi connectivity index (χ4n) is 2.41. The van der Waals surface area contributed by atoms with Crippen LogP contribution < -0.4 is 9.47 Å². The number of hydrogen-bond acceptors (Lipinski definition) is 5. The number of nitrogens with zero attached hydrogens (tertiary/aromatic N) is 3. The Bertz CT molecular complexity index is 700. The second-order valence-corrected chi connectivity index (χ2v) is 7.01. The second kappa shape index (κ2) is 5.21. The van der Waals surface area contributed by atoms with Crippen LogP contribution in [-0.2, 0) is 5.75 Å². The first-order valence-corrected chi connectivity index (χ1v) is 8.62. The molecule has 1 saturated carbocycles. The van der Waals surface area contributed by atoms with E-state index in [1.165, 1.54) is 18.4 Å². The number of thioether (sulfide) groups is 1. The highest BCUT2D eigenvalue weighted by Crippen LogP contribution is 2.41. The van der Waals surface area contributed by atoms with E-state index in [4.69, 9.17) is 9.47 Å². The molecule has 7 heteroatoms. The van der Waals surface area contributed by atoms with E-state index >= 15 is 0 Å². The fourth-order valence-corrected chi connectivity index (χ4v) is 4.10. The van der Waals surface area contributed by atoms with Gasteiger partial charge in [0.15, 0.2) is 16.7 Å². The minimum atomic E-state index is 0.299. The van der Waals surface area contributed by atoms with Gasteiger partial charge >= 0.3 is 0 Å².